The van der Waals surface area contributed by atoms with Crippen molar-refractivity contribution in [3.8, 4) is 0 Å². The molecule has 1 aromatic heterocycles. The lowest BCUT2D eigenvalue weighted by molar-refractivity contribution is 1.01. The molecule has 0 saturated carbocycles. The number of hydrogen-bond acceptors (Lipinski definition) is 2. The van der Waals surface area contributed by atoms with E-state index in [1.54, 1.807) is 12.3 Å². The second kappa shape index (κ2) is 5.89. The molecule has 0 aliphatic rings. The van der Waals surface area contributed by atoms with Crippen LogP contribution in [-0.4, -0.2) is 11.5 Å². The number of anilines is 1. The maximum Gasteiger partial charge on any atom is 0.0612 e. The summed E-state index contributed by atoms with van der Waals surface area (Å²) in [6, 6.07) is 9.53. The van der Waals surface area contributed by atoms with Gasteiger partial charge in [0, 0.05) is 24.6 Å². The first-order valence-electron chi connectivity index (χ1n) is 5.33. The fourth-order valence-corrected chi connectivity index (χ4v) is 1.80. The highest BCUT2D eigenvalue weighted by Crippen LogP contribution is 2.24. The maximum absolute atomic E-state index is 5.93. The number of nitrogens with zero attached hydrogens (tertiary/aromatic N) is 1. The highest BCUT2D eigenvalue weighted by atomic mass is 35.5. The van der Waals surface area contributed by atoms with Crippen LogP contribution in [0.15, 0.2) is 42.7 Å². The van der Waals surface area contributed by atoms with Gasteiger partial charge < -0.3 is 5.32 Å². The second-order valence-electron chi connectivity index (χ2n) is 3.67. The van der Waals surface area contributed by atoms with E-state index in [4.69, 9.17) is 23.2 Å². The van der Waals surface area contributed by atoms with Crippen molar-refractivity contribution in [3.63, 3.8) is 0 Å². The highest BCUT2D eigenvalue weighted by Gasteiger charge is 1.99. The number of pyridine rings is 1. The summed E-state index contributed by atoms with van der Waals surface area (Å²) >= 11 is 11.8. The van der Waals surface area contributed by atoms with Crippen molar-refractivity contribution in [2.45, 2.75) is 6.42 Å². The quantitative estimate of drug-likeness (QED) is 0.904. The average Bonchev–Trinajstić information content (AvgIpc) is 2.35. The maximum atomic E-state index is 5.93. The number of halogens is 2. The van der Waals surface area contributed by atoms with E-state index in [1.807, 2.05) is 24.4 Å². The first kappa shape index (κ1) is 12.2. The number of nitrogens with one attached hydrogen (secondary N) is 1. The monoisotopic (exact) mass is 266 g/mol. The lowest BCUT2D eigenvalue weighted by Gasteiger charge is -2.07. The smallest absolute Gasteiger partial charge is 0.0612 e. The predicted octanol–water partition coefficient (Wildman–Crippen LogP) is 4.04. The van der Waals surface area contributed by atoms with Crippen molar-refractivity contribution in [3.05, 3.63) is 58.3 Å². The van der Waals surface area contributed by atoms with Gasteiger partial charge in [-0.1, -0.05) is 29.3 Å². The number of hydrogen-bond donors (Lipinski definition) is 1. The molecule has 1 heterocycles. The Labute approximate surface area is 111 Å². The van der Waals surface area contributed by atoms with Gasteiger partial charge in [-0.25, -0.2) is 0 Å². The van der Waals surface area contributed by atoms with E-state index < -0.39 is 0 Å². The van der Waals surface area contributed by atoms with Gasteiger partial charge in [-0.05, 0) is 36.2 Å². The van der Waals surface area contributed by atoms with Crippen molar-refractivity contribution in [1.29, 1.82) is 0 Å². The summed E-state index contributed by atoms with van der Waals surface area (Å²) in [6.07, 6.45) is 4.57. The van der Waals surface area contributed by atoms with Crippen LogP contribution in [0.4, 0.5) is 5.69 Å². The summed E-state index contributed by atoms with van der Waals surface area (Å²) in [4.78, 5) is 4.07. The van der Waals surface area contributed by atoms with Crippen LogP contribution in [0.3, 0.4) is 0 Å². The van der Waals surface area contributed by atoms with Gasteiger partial charge in [-0.2, -0.15) is 0 Å². The summed E-state index contributed by atoms with van der Waals surface area (Å²) in [5, 5.41) is 4.43. The number of aromatic nitrogens is 1. The topological polar surface area (TPSA) is 24.9 Å². The largest absolute Gasteiger partial charge is 0.385 e. The Hall–Kier alpha value is -1.25. The molecule has 0 unspecified atom stereocenters. The Bertz CT molecular complexity index is 486. The molecule has 2 rings (SSSR count). The third-order valence-electron chi connectivity index (χ3n) is 2.39. The normalized spacial score (nSPS) is 10.2. The van der Waals surface area contributed by atoms with Gasteiger partial charge in [0.25, 0.3) is 0 Å². The summed E-state index contributed by atoms with van der Waals surface area (Å²) in [7, 11) is 0. The zero-order valence-corrected chi connectivity index (χ0v) is 10.7. The number of benzene rings is 1. The SMILES string of the molecule is Clc1ccc(NCCc2cccnc2)cc1Cl. The van der Waals surface area contributed by atoms with E-state index in [2.05, 4.69) is 16.4 Å². The van der Waals surface area contributed by atoms with Gasteiger partial charge in [-0.15, -0.1) is 0 Å². The van der Waals surface area contributed by atoms with E-state index in [9.17, 15) is 0 Å². The molecule has 17 heavy (non-hydrogen) atoms. The highest BCUT2D eigenvalue weighted by molar-refractivity contribution is 6.42. The third kappa shape index (κ3) is 3.62. The first-order chi connectivity index (χ1) is 8.25. The Morgan fingerprint density at radius 1 is 1.12 bits per heavy atom. The summed E-state index contributed by atoms with van der Waals surface area (Å²) < 4.78 is 0. The van der Waals surface area contributed by atoms with Gasteiger partial charge in [-0.3, -0.25) is 4.98 Å². The summed E-state index contributed by atoms with van der Waals surface area (Å²) in [5.41, 5.74) is 2.18. The summed E-state index contributed by atoms with van der Waals surface area (Å²) in [6.45, 7) is 0.837. The molecule has 0 aliphatic carbocycles. The van der Waals surface area contributed by atoms with Crippen LogP contribution in [0, 0.1) is 0 Å². The Morgan fingerprint density at radius 2 is 2.00 bits per heavy atom. The minimum atomic E-state index is 0.568. The molecule has 0 bridgehead atoms. The predicted molar refractivity (Wildman–Crippen MR) is 72.9 cm³/mol. The molecule has 0 saturated heterocycles. The molecule has 4 heteroatoms. The molecule has 1 aromatic carbocycles. The Balaban J connectivity index is 1.88. The zero-order chi connectivity index (χ0) is 12.1. The first-order valence-corrected chi connectivity index (χ1v) is 6.09. The zero-order valence-electron chi connectivity index (χ0n) is 9.16. The van der Waals surface area contributed by atoms with Crippen LogP contribution < -0.4 is 5.32 Å². The van der Waals surface area contributed by atoms with Crippen molar-refractivity contribution in [2.75, 3.05) is 11.9 Å². The minimum absolute atomic E-state index is 0.568. The van der Waals surface area contributed by atoms with Gasteiger partial charge in [0.1, 0.15) is 0 Å². The molecule has 0 radical (unpaired) electrons. The molecule has 0 amide bonds. The molecular weight excluding hydrogens is 255 g/mol. The van der Waals surface area contributed by atoms with Crippen LogP contribution in [0.2, 0.25) is 10.0 Å². The van der Waals surface area contributed by atoms with E-state index in [-0.39, 0.29) is 0 Å². The van der Waals surface area contributed by atoms with Crippen molar-refractivity contribution in [2.24, 2.45) is 0 Å². The van der Waals surface area contributed by atoms with Crippen LogP contribution in [0.1, 0.15) is 5.56 Å². The van der Waals surface area contributed by atoms with E-state index >= 15 is 0 Å². The molecule has 0 aliphatic heterocycles. The van der Waals surface area contributed by atoms with Gasteiger partial charge in [0.15, 0.2) is 0 Å². The molecule has 88 valence electrons. The van der Waals surface area contributed by atoms with Gasteiger partial charge in [0.2, 0.25) is 0 Å². The fraction of sp³-hybridized carbons (Fsp3) is 0.154. The lowest BCUT2D eigenvalue weighted by Crippen LogP contribution is -2.04. The Kier molecular flexibility index (Phi) is 4.24. The van der Waals surface area contributed by atoms with Gasteiger partial charge >= 0.3 is 0 Å². The van der Waals surface area contributed by atoms with E-state index in [0.717, 1.165) is 18.7 Å². The van der Waals surface area contributed by atoms with Crippen LogP contribution in [-0.2, 0) is 6.42 Å². The molecule has 1 N–H and O–H groups in total. The molecule has 0 atom stereocenters. The van der Waals surface area contributed by atoms with E-state index in [1.165, 1.54) is 5.56 Å². The lowest BCUT2D eigenvalue weighted by atomic mass is 10.2. The van der Waals surface area contributed by atoms with Crippen LogP contribution in [0.25, 0.3) is 0 Å². The molecule has 2 aromatic rings. The van der Waals surface area contributed by atoms with Crippen LogP contribution in [0.5, 0.6) is 0 Å². The number of rotatable bonds is 4. The van der Waals surface area contributed by atoms with Crippen molar-refractivity contribution >= 4 is 28.9 Å². The molecule has 0 fully saturated rings. The molecule has 0 spiro atoms. The Morgan fingerprint density at radius 3 is 2.71 bits per heavy atom. The van der Waals surface area contributed by atoms with E-state index in [0.29, 0.717) is 10.0 Å². The fourth-order valence-electron chi connectivity index (χ4n) is 1.50. The average molecular weight is 267 g/mol. The van der Waals surface area contributed by atoms with Crippen molar-refractivity contribution < 1.29 is 0 Å². The second-order valence-corrected chi connectivity index (χ2v) is 4.48. The third-order valence-corrected chi connectivity index (χ3v) is 3.12. The minimum Gasteiger partial charge on any atom is -0.385 e. The van der Waals surface area contributed by atoms with Gasteiger partial charge in [0.05, 0.1) is 10.0 Å². The molecular formula is C13H12Cl2N2. The standard InChI is InChI=1S/C13H12Cl2N2/c14-12-4-3-11(8-13(12)15)17-7-5-10-2-1-6-16-9-10/h1-4,6,8-9,17H,5,7H2. The molecule has 2 nitrogen and oxygen atoms in total. The summed E-state index contributed by atoms with van der Waals surface area (Å²) in [5.74, 6) is 0. The van der Waals surface area contributed by atoms with Crippen molar-refractivity contribution in [1.82, 2.24) is 4.98 Å². The van der Waals surface area contributed by atoms with Crippen LogP contribution >= 0.6 is 23.2 Å².